The number of ketones is 1. The fourth-order valence-corrected chi connectivity index (χ4v) is 1.97. The van der Waals surface area contributed by atoms with Crippen molar-refractivity contribution in [3.8, 4) is 0 Å². The third-order valence-corrected chi connectivity index (χ3v) is 3.00. The Hall–Kier alpha value is -2.70. The van der Waals surface area contributed by atoms with E-state index in [4.69, 9.17) is 9.94 Å². The van der Waals surface area contributed by atoms with E-state index < -0.39 is 12.1 Å². The molecule has 0 amide bonds. The molecule has 0 heterocycles. The molecular formula is C16H14NO5-. The number of hydrogen-bond acceptors (Lipinski definition) is 6. The minimum atomic E-state index is -1.10. The van der Waals surface area contributed by atoms with E-state index in [0.29, 0.717) is 11.1 Å². The molecule has 0 fully saturated rings. The molecule has 22 heavy (non-hydrogen) atoms. The summed E-state index contributed by atoms with van der Waals surface area (Å²) in [6.07, 6.45) is -1.10. The van der Waals surface area contributed by atoms with Crippen molar-refractivity contribution < 1.29 is 19.5 Å². The maximum absolute atomic E-state index is 12.5. The van der Waals surface area contributed by atoms with Gasteiger partial charge in [-0.3, -0.25) is 14.8 Å². The highest BCUT2D eigenvalue weighted by Gasteiger charge is 2.24. The van der Waals surface area contributed by atoms with Crippen LogP contribution in [0.3, 0.4) is 0 Å². The maximum atomic E-state index is 12.5. The van der Waals surface area contributed by atoms with Crippen molar-refractivity contribution in [2.24, 2.45) is 0 Å². The van der Waals surface area contributed by atoms with Crippen LogP contribution in [0.5, 0.6) is 0 Å². The number of anilines is 1. The molecule has 0 radical (unpaired) electrons. The van der Waals surface area contributed by atoms with Gasteiger partial charge in [-0.05, 0) is 12.1 Å². The first-order chi connectivity index (χ1) is 10.5. The van der Waals surface area contributed by atoms with Crippen LogP contribution >= 0.6 is 0 Å². The second-order valence-electron chi connectivity index (χ2n) is 4.58. The summed E-state index contributed by atoms with van der Waals surface area (Å²) in [5.74, 6) is -0.961. The highest BCUT2D eigenvalue weighted by molar-refractivity contribution is 6.00. The molecule has 6 heteroatoms. The summed E-state index contributed by atoms with van der Waals surface area (Å²) >= 11 is 0. The first-order valence-electron chi connectivity index (χ1n) is 6.51. The zero-order valence-corrected chi connectivity index (χ0v) is 11.8. The lowest BCUT2D eigenvalue weighted by molar-refractivity contribution is -0.144. The lowest BCUT2D eigenvalue weighted by Crippen LogP contribution is -2.19. The molecule has 0 aromatic heterocycles. The average Bonchev–Trinajstić information content (AvgIpc) is 2.53. The standard InChI is InChI=1S/C16H14NO5/c1-11(18)22-16(15(19)12-5-3-2-4-6-12)13-7-9-14(10-8-13)17(20)21/h2-10,16,20H,1H3/q-1. The quantitative estimate of drug-likeness (QED) is 0.519. The molecule has 0 aliphatic rings. The van der Waals surface area contributed by atoms with Crippen LogP contribution in [0.4, 0.5) is 5.69 Å². The third kappa shape index (κ3) is 3.69. The topological polar surface area (TPSA) is 89.9 Å². The smallest absolute Gasteiger partial charge is 0.303 e. The third-order valence-electron chi connectivity index (χ3n) is 3.00. The number of esters is 1. The highest BCUT2D eigenvalue weighted by atomic mass is 16.8. The molecule has 2 aromatic rings. The van der Waals surface area contributed by atoms with Gasteiger partial charge < -0.3 is 15.2 Å². The van der Waals surface area contributed by atoms with Crippen molar-refractivity contribution in [2.45, 2.75) is 13.0 Å². The first kappa shape index (κ1) is 15.7. The van der Waals surface area contributed by atoms with Gasteiger partial charge in [0.15, 0.2) is 6.10 Å². The summed E-state index contributed by atoms with van der Waals surface area (Å²) in [5.41, 5.74) is 0.831. The lowest BCUT2D eigenvalue weighted by Gasteiger charge is -2.22. The lowest BCUT2D eigenvalue weighted by atomic mass is 9.99. The number of carbonyl (C=O) groups is 2. The molecule has 0 spiro atoms. The first-order valence-corrected chi connectivity index (χ1v) is 6.51. The van der Waals surface area contributed by atoms with Crippen molar-refractivity contribution in [2.75, 3.05) is 5.23 Å². The zero-order valence-electron chi connectivity index (χ0n) is 11.8. The molecule has 1 N–H and O–H groups in total. The van der Waals surface area contributed by atoms with E-state index >= 15 is 0 Å². The Kier molecular flexibility index (Phi) is 4.88. The number of nitrogens with zero attached hydrogens (tertiary/aromatic N) is 1. The van der Waals surface area contributed by atoms with E-state index in [9.17, 15) is 14.8 Å². The highest BCUT2D eigenvalue weighted by Crippen LogP contribution is 2.25. The summed E-state index contributed by atoms with van der Waals surface area (Å²) in [6, 6.07) is 14.0. The van der Waals surface area contributed by atoms with Crippen molar-refractivity contribution >= 4 is 17.4 Å². The van der Waals surface area contributed by atoms with Gasteiger partial charge in [-0.1, -0.05) is 42.5 Å². The van der Waals surface area contributed by atoms with Crippen LogP contribution in [-0.2, 0) is 9.53 Å². The predicted octanol–water partition coefficient (Wildman–Crippen LogP) is 2.87. The van der Waals surface area contributed by atoms with E-state index in [1.54, 1.807) is 30.3 Å². The Morgan fingerprint density at radius 1 is 1.09 bits per heavy atom. The van der Waals surface area contributed by atoms with Gasteiger partial charge in [-0.25, -0.2) is 0 Å². The Morgan fingerprint density at radius 2 is 1.68 bits per heavy atom. The van der Waals surface area contributed by atoms with Gasteiger partial charge in [0.05, 0.1) is 5.69 Å². The Bertz CT molecular complexity index is 652. The van der Waals surface area contributed by atoms with Crippen molar-refractivity contribution in [1.82, 2.24) is 0 Å². The number of benzene rings is 2. The summed E-state index contributed by atoms with van der Waals surface area (Å²) in [5, 5.41) is 19.3. The molecule has 0 bridgehead atoms. The van der Waals surface area contributed by atoms with Gasteiger partial charge in [-0.2, -0.15) is 0 Å². The van der Waals surface area contributed by atoms with Crippen molar-refractivity contribution in [3.05, 3.63) is 70.9 Å². The van der Waals surface area contributed by atoms with Crippen molar-refractivity contribution in [3.63, 3.8) is 0 Å². The molecular weight excluding hydrogens is 286 g/mol. The minimum Gasteiger partial charge on any atom is -0.733 e. The Morgan fingerprint density at radius 3 is 2.18 bits per heavy atom. The Labute approximate surface area is 127 Å². The van der Waals surface area contributed by atoms with Crippen LogP contribution in [0.25, 0.3) is 0 Å². The van der Waals surface area contributed by atoms with Crippen LogP contribution in [0.1, 0.15) is 28.9 Å². The number of ether oxygens (including phenoxy) is 1. The van der Waals surface area contributed by atoms with Crippen LogP contribution in [0, 0.1) is 5.21 Å². The van der Waals surface area contributed by atoms with E-state index in [2.05, 4.69) is 0 Å². The molecule has 0 saturated heterocycles. The van der Waals surface area contributed by atoms with Crippen LogP contribution in [0.15, 0.2) is 54.6 Å². The van der Waals surface area contributed by atoms with Crippen LogP contribution in [-0.4, -0.2) is 17.0 Å². The SMILES string of the molecule is CC(=O)OC(C(=O)c1ccccc1)c1ccc(N([O-])O)cc1. The average molecular weight is 300 g/mol. The van der Waals surface area contributed by atoms with Gasteiger partial charge in [0, 0.05) is 18.1 Å². The van der Waals surface area contributed by atoms with Gasteiger partial charge >= 0.3 is 5.97 Å². The van der Waals surface area contributed by atoms with Crippen LogP contribution in [0.2, 0.25) is 0 Å². The molecule has 0 aliphatic carbocycles. The Balaban J connectivity index is 2.33. The van der Waals surface area contributed by atoms with E-state index in [1.165, 1.54) is 31.2 Å². The number of hydrogen-bond donors (Lipinski definition) is 1. The van der Waals surface area contributed by atoms with E-state index in [0.717, 1.165) is 0 Å². The molecule has 114 valence electrons. The maximum Gasteiger partial charge on any atom is 0.303 e. The monoisotopic (exact) mass is 300 g/mol. The number of Topliss-reactive ketones (excluding diaryl/α,β-unsaturated/α-hetero) is 1. The zero-order chi connectivity index (χ0) is 16.1. The number of rotatable bonds is 5. The summed E-state index contributed by atoms with van der Waals surface area (Å²) in [6.45, 7) is 1.22. The predicted molar refractivity (Wildman–Crippen MR) is 79.4 cm³/mol. The van der Waals surface area contributed by atoms with Crippen molar-refractivity contribution in [1.29, 1.82) is 0 Å². The molecule has 2 rings (SSSR count). The second kappa shape index (κ2) is 6.84. The fourth-order valence-electron chi connectivity index (χ4n) is 1.97. The largest absolute Gasteiger partial charge is 0.733 e. The molecule has 0 aliphatic heterocycles. The normalized spacial score (nSPS) is 11.6. The second-order valence-corrected chi connectivity index (χ2v) is 4.58. The molecule has 2 aromatic carbocycles. The molecule has 0 saturated carbocycles. The summed E-state index contributed by atoms with van der Waals surface area (Å²) < 4.78 is 5.11. The van der Waals surface area contributed by atoms with Crippen LogP contribution < -0.4 is 5.23 Å². The summed E-state index contributed by atoms with van der Waals surface area (Å²) in [4.78, 5) is 23.8. The van der Waals surface area contributed by atoms with Gasteiger partial charge in [0.1, 0.15) is 0 Å². The minimum absolute atomic E-state index is 0.0116. The fraction of sp³-hybridized carbons (Fsp3) is 0.125. The van der Waals surface area contributed by atoms with Gasteiger partial charge in [0.25, 0.3) is 0 Å². The number of carbonyl (C=O) groups excluding carboxylic acids is 2. The van der Waals surface area contributed by atoms with E-state index in [1.807, 2.05) is 0 Å². The summed E-state index contributed by atoms with van der Waals surface area (Å²) in [7, 11) is 0. The molecule has 1 unspecified atom stereocenters. The molecule has 1 atom stereocenters. The van der Waals surface area contributed by atoms with E-state index in [-0.39, 0.29) is 16.7 Å². The van der Waals surface area contributed by atoms with Gasteiger partial charge in [-0.15, -0.1) is 0 Å². The van der Waals surface area contributed by atoms with Gasteiger partial charge in [0.2, 0.25) is 5.78 Å². The molecule has 6 nitrogen and oxygen atoms in total.